The van der Waals surface area contributed by atoms with Crippen LogP contribution in [0.2, 0.25) is 0 Å². The van der Waals surface area contributed by atoms with Gasteiger partial charge in [0.05, 0.1) is 39.1 Å². The van der Waals surface area contributed by atoms with Crippen LogP contribution in [-0.2, 0) is 43.1 Å². The zero-order valence-corrected chi connectivity index (χ0v) is 45.6. The Bertz CT molecular complexity index is 3030. The summed E-state index contributed by atoms with van der Waals surface area (Å²) in [6, 6.07) is 25.4. The second-order valence-corrected chi connectivity index (χ2v) is 21.1. The molecule has 0 spiro atoms. The van der Waals surface area contributed by atoms with E-state index in [1.54, 1.807) is 24.3 Å². The van der Waals surface area contributed by atoms with Crippen LogP contribution in [0.25, 0.3) is 39.5 Å². The lowest BCUT2D eigenvalue weighted by atomic mass is 9.90. The number of aryl methyl sites for hydroxylation is 1. The Morgan fingerprint density at radius 1 is 0.861 bits per heavy atom. The number of benzene rings is 4. The maximum Gasteiger partial charge on any atom is 0.245 e. The number of rotatable bonds is 27. The summed E-state index contributed by atoms with van der Waals surface area (Å²) >= 11 is 5.53. The Labute approximate surface area is 464 Å². The molecule has 0 bridgehead atoms. The van der Waals surface area contributed by atoms with E-state index >= 15 is 0 Å². The minimum absolute atomic E-state index is 0.0685. The number of fused-ring (bicyclic) bond motifs is 2. The van der Waals surface area contributed by atoms with Gasteiger partial charge in [-0.3, -0.25) is 18.6 Å². The largest absolute Gasteiger partial charge is 0.726 e. The molecule has 22 heteroatoms. The van der Waals surface area contributed by atoms with Gasteiger partial charge in [-0.05, 0) is 110 Å². The van der Waals surface area contributed by atoms with Crippen LogP contribution in [0, 0.1) is 30.6 Å². The van der Waals surface area contributed by atoms with E-state index in [0.29, 0.717) is 58.3 Å². The molecule has 2 aliphatic carbocycles. The van der Waals surface area contributed by atoms with Crippen LogP contribution in [0.1, 0.15) is 62.0 Å². The number of thiocarbonyl (C=S) groups is 1. The summed E-state index contributed by atoms with van der Waals surface area (Å²) in [7, 11) is -5.04. The zero-order chi connectivity index (χ0) is 56.5. The number of anilines is 1. The first-order valence-corrected chi connectivity index (χ1v) is 28.0. The van der Waals surface area contributed by atoms with Crippen LogP contribution in [0.3, 0.4) is 0 Å². The number of nitrogens with one attached hydrogen (secondary N) is 4. The highest BCUT2D eigenvalue weighted by Gasteiger charge is 2.43. The summed E-state index contributed by atoms with van der Waals surface area (Å²) in [6.07, 6.45) is 4.78. The average Bonchev–Trinajstić information content (AvgIpc) is 3.92. The van der Waals surface area contributed by atoms with E-state index in [9.17, 15) is 47.8 Å². The zero-order valence-electron chi connectivity index (χ0n) is 44.0. The highest BCUT2D eigenvalue weighted by molar-refractivity contribution is 7.80. The van der Waals surface area contributed by atoms with Crippen LogP contribution in [0.15, 0.2) is 112 Å². The maximum absolute atomic E-state index is 13.5. The number of ether oxygens (including phenoxy) is 4. The predicted octanol–water partition coefficient (Wildman–Crippen LogP) is 5.07. The second kappa shape index (κ2) is 29.5. The first-order valence-electron chi connectivity index (χ1n) is 26.3. The Kier molecular flexibility index (Phi) is 22.6. The maximum atomic E-state index is 13.5. The molecule has 20 nitrogen and oxygen atoms in total. The molecule has 2 heterocycles. The quantitative estimate of drug-likeness (QED) is 0.00648. The molecule has 3 aromatic rings. The Hall–Kier alpha value is -5.99. The van der Waals surface area contributed by atoms with Gasteiger partial charge in [-0.15, -0.1) is 0 Å². The molecule has 2 fully saturated rings. The van der Waals surface area contributed by atoms with Crippen molar-refractivity contribution in [3.8, 4) is 22.5 Å². The minimum atomic E-state index is -5.04. The molecule has 8 N–H and O–H groups in total. The minimum Gasteiger partial charge on any atom is -0.726 e. The van der Waals surface area contributed by atoms with Crippen LogP contribution >= 0.6 is 12.2 Å². The fourth-order valence-corrected chi connectivity index (χ4v) is 10.2. The highest BCUT2D eigenvalue weighted by atomic mass is 32.3. The summed E-state index contributed by atoms with van der Waals surface area (Å²) in [5.74, 6) is -1.15. The summed E-state index contributed by atoms with van der Waals surface area (Å²) in [5, 5.41) is 55.2. The standard InChI is InChI=1S/C57H70N4O16S2/c1-35-13-18-43-47(28-35)76-48-32-41(62)17-20-44(48)51(43)42-19-16-40(31-46(42)55(67)68)61-57(78)60-22-8-4-7-21-58-50(63)34-73-27-26-72-24-9-12-39-29-38(15-14-37-10-5-3-6-11-37)30-45(39)54(66)59-23-25-74-56-53(65)36(2)52(64)49(77-56)33-75-79(69,70)71/h3,5-6,9-20,28,31-32,36,38-39,45,49,52-53,55-56,64-65,67-68H,4,7-8,21-27,29-30,33-34H2,1-2H3,(H,58,63)(H,59,66)(H2,60,61,78)(H,69,70,71)/p-1/b12-9+,15-14+. The van der Waals surface area contributed by atoms with E-state index in [2.05, 4.69) is 31.5 Å². The molecule has 8 atom stereocenters. The molecule has 1 saturated heterocycles. The third-order valence-corrected chi connectivity index (χ3v) is 14.5. The Morgan fingerprint density at radius 2 is 1.62 bits per heavy atom. The Balaban J connectivity index is 0.767. The Morgan fingerprint density at radius 3 is 2.39 bits per heavy atom. The van der Waals surface area contributed by atoms with Crippen molar-refractivity contribution in [3.63, 3.8) is 0 Å². The van der Waals surface area contributed by atoms with Gasteiger partial charge >= 0.3 is 0 Å². The van der Waals surface area contributed by atoms with Gasteiger partial charge in [0.15, 0.2) is 23.1 Å². The number of allylic oxidation sites excluding steroid dienone is 2. The smallest absolute Gasteiger partial charge is 0.245 e. The first-order chi connectivity index (χ1) is 37.9. The van der Waals surface area contributed by atoms with Gasteiger partial charge in [0.2, 0.25) is 22.2 Å². The number of hydrogen-bond acceptors (Lipinski definition) is 17. The predicted molar refractivity (Wildman–Crippen MR) is 298 cm³/mol. The monoisotopic (exact) mass is 1130 g/mol. The van der Waals surface area contributed by atoms with E-state index < -0.39 is 53.8 Å². The molecule has 2 amide bonds. The molecule has 0 radical (unpaired) electrons. The molecule has 1 saturated carbocycles. The SMILES string of the molecule is Cc1ccc2c(-c3ccc(NC(=S)NCCCCCNC(=O)COCCOC/C=C/C4CC(/C=C/c5ccccc5)CC4C(=O)NCCOC4OC(COS(=O)(=O)[O-])C(O)C(C)C4O)cc3C(O)O)c3ccc(=O)cc-3oc2c1. The third kappa shape index (κ3) is 18.0. The van der Waals surface area contributed by atoms with E-state index in [0.717, 1.165) is 42.2 Å². The van der Waals surface area contributed by atoms with Crippen LogP contribution < -0.4 is 26.7 Å². The average molecular weight is 1130 g/mol. The van der Waals surface area contributed by atoms with Gasteiger partial charge in [0, 0.05) is 65.3 Å². The lowest BCUT2D eigenvalue weighted by molar-refractivity contribution is -0.285. The number of carbonyl (C=O) groups is 2. The topological polar surface area (TPSA) is 297 Å². The van der Waals surface area contributed by atoms with Gasteiger partial charge in [-0.2, -0.15) is 0 Å². The van der Waals surface area contributed by atoms with Crippen LogP contribution in [-0.4, -0.2) is 134 Å². The normalized spacial score (nSPS) is 21.6. The summed E-state index contributed by atoms with van der Waals surface area (Å²) in [4.78, 5) is 38.2. The van der Waals surface area contributed by atoms with Gasteiger partial charge in [-0.1, -0.05) is 79.8 Å². The number of aliphatic hydroxyl groups excluding tert-OH is 3. The van der Waals surface area contributed by atoms with Gasteiger partial charge in [-0.25, -0.2) is 8.42 Å². The molecule has 4 aliphatic rings. The van der Waals surface area contributed by atoms with Crippen molar-refractivity contribution in [1.82, 2.24) is 16.0 Å². The lowest BCUT2D eigenvalue weighted by Crippen LogP contribution is -2.55. The van der Waals surface area contributed by atoms with E-state index in [1.165, 1.54) is 19.1 Å². The van der Waals surface area contributed by atoms with Crippen molar-refractivity contribution in [1.29, 1.82) is 0 Å². The van der Waals surface area contributed by atoms with E-state index in [4.69, 9.17) is 35.6 Å². The van der Waals surface area contributed by atoms with Crippen molar-refractivity contribution < 1.29 is 70.5 Å². The second-order valence-electron chi connectivity index (χ2n) is 19.7. The molecule has 0 aromatic heterocycles. The van der Waals surface area contributed by atoms with Crippen molar-refractivity contribution in [2.45, 2.75) is 76.8 Å². The number of amides is 2. The molecular weight excluding hydrogens is 1060 g/mol. The molecule has 8 unspecified atom stereocenters. The van der Waals surface area contributed by atoms with Gasteiger partial charge in [0.1, 0.15) is 30.2 Å². The molecule has 3 aromatic carbocycles. The van der Waals surface area contributed by atoms with E-state index in [1.807, 2.05) is 73.7 Å². The van der Waals surface area contributed by atoms with Crippen molar-refractivity contribution in [2.24, 2.45) is 23.7 Å². The van der Waals surface area contributed by atoms with Gasteiger partial charge in [0.25, 0.3) is 0 Å². The number of carbonyl (C=O) groups excluding carboxylic acids is 2. The molecule has 7 rings (SSSR count). The number of unbranched alkanes of at least 4 members (excludes halogenated alkanes) is 2. The number of hydrogen-bond donors (Lipinski definition) is 8. The van der Waals surface area contributed by atoms with Crippen molar-refractivity contribution in [3.05, 3.63) is 130 Å². The molecular formula is C57H69N4O16S2-. The highest BCUT2D eigenvalue weighted by Crippen LogP contribution is 2.43. The summed E-state index contributed by atoms with van der Waals surface area (Å²) in [5.41, 5.74) is 5.10. The van der Waals surface area contributed by atoms with E-state index in [-0.39, 0.29) is 80.1 Å². The summed E-state index contributed by atoms with van der Waals surface area (Å²) in [6.45, 7) is 4.37. The van der Waals surface area contributed by atoms with Gasteiger partial charge < -0.3 is 69.6 Å². The molecule has 426 valence electrons. The first kappa shape index (κ1) is 60.6. The van der Waals surface area contributed by atoms with Crippen molar-refractivity contribution in [2.75, 3.05) is 64.6 Å². The third-order valence-electron chi connectivity index (χ3n) is 13.8. The lowest BCUT2D eigenvalue weighted by Gasteiger charge is -2.41. The van der Waals surface area contributed by atoms with Crippen molar-refractivity contribution >= 4 is 62.3 Å². The van der Waals surface area contributed by atoms with Crippen LogP contribution in [0.5, 0.6) is 0 Å². The fraction of sp³-hybridized carbons (Fsp3) is 0.439. The molecule has 79 heavy (non-hydrogen) atoms. The van der Waals surface area contributed by atoms with Crippen LogP contribution in [0.4, 0.5) is 5.69 Å². The molecule has 2 aliphatic heterocycles. The fourth-order valence-electron chi connectivity index (χ4n) is 9.72. The number of aliphatic hydroxyl groups is 4. The summed E-state index contributed by atoms with van der Waals surface area (Å²) < 4.78 is 65.6.